The number of hydrogen-bond acceptors (Lipinski definition) is 9. The number of nitro groups is 1. The predicted octanol–water partition coefficient (Wildman–Crippen LogP) is 2.73. The highest BCUT2D eigenvalue weighted by Gasteiger charge is 2.28. The number of carbonyl (C=O) groups excluding carboxylic acids is 3. The lowest BCUT2D eigenvalue weighted by molar-refractivity contribution is -0.389. The maximum atomic E-state index is 12.5. The van der Waals surface area contributed by atoms with Crippen LogP contribution < -0.4 is 5.32 Å². The van der Waals surface area contributed by atoms with Gasteiger partial charge in [0.1, 0.15) is 16.4 Å². The summed E-state index contributed by atoms with van der Waals surface area (Å²) in [6, 6.07) is 0. The predicted molar refractivity (Wildman–Crippen MR) is 104 cm³/mol. The van der Waals surface area contributed by atoms with Gasteiger partial charge in [-0.25, -0.2) is 9.59 Å². The molecule has 1 N–H and O–H groups in total. The number of halogens is 1. The second-order valence-corrected chi connectivity index (χ2v) is 7.06. The Morgan fingerprint density at radius 3 is 2.48 bits per heavy atom. The van der Waals surface area contributed by atoms with Crippen molar-refractivity contribution in [3.63, 3.8) is 0 Å². The van der Waals surface area contributed by atoms with Crippen molar-refractivity contribution in [1.82, 2.24) is 9.78 Å². The van der Waals surface area contributed by atoms with Crippen LogP contribution >= 0.6 is 22.9 Å². The van der Waals surface area contributed by atoms with Crippen molar-refractivity contribution in [2.45, 2.75) is 27.3 Å². The number of methoxy groups -OCH3 is 1. The van der Waals surface area contributed by atoms with Crippen LogP contribution in [0.25, 0.3) is 0 Å². The molecule has 2 aromatic heterocycles. The Balaban J connectivity index is 2.33. The zero-order chi connectivity index (χ0) is 21.9. The van der Waals surface area contributed by atoms with Crippen molar-refractivity contribution in [1.29, 1.82) is 0 Å². The van der Waals surface area contributed by atoms with E-state index >= 15 is 0 Å². The first-order chi connectivity index (χ1) is 13.6. The highest BCUT2D eigenvalue weighted by Crippen LogP contribution is 2.34. The van der Waals surface area contributed by atoms with E-state index in [9.17, 15) is 24.5 Å². The van der Waals surface area contributed by atoms with Gasteiger partial charge in [0.05, 0.1) is 30.1 Å². The molecule has 0 spiro atoms. The minimum absolute atomic E-state index is 0.0232. The molecule has 0 aliphatic heterocycles. The van der Waals surface area contributed by atoms with Gasteiger partial charge in [0.15, 0.2) is 5.02 Å². The quantitative estimate of drug-likeness (QED) is 0.390. The molecular formula is C16H17ClN4O7S. The Morgan fingerprint density at radius 1 is 1.31 bits per heavy atom. The summed E-state index contributed by atoms with van der Waals surface area (Å²) in [5.41, 5.74) is 0.566. The standard InChI is InChI=1S/C16H17ClN4O7S/c1-5-28-16(24)12-7(2)10(15(23)27-4)14(29-12)18-9(22)6-20-8(3)11(17)13(19-20)21(25)26/h5-6H2,1-4H3,(H,18,22). The fourth-order valence-electron chi connectivity index (χ4n) is 2.42. The molecule has 0 saturated heterocycles. The first kappa shape index (κ1) is 22.3. The van der Waals surface area contributed by atoms with E-state index in [1.165, 1.54) is 21.0 Å². The molecule has 11 nitrogen and oxygen atoms in total. The fraction of sp³-hybridized carbons (Fsp3) is 0.375. The van der Waals surface area contributed by atoms with Crippen molar-refractivity contribution in [2.24, 2.45) is 0 Å². The molecule has 0 atom stereocenters. The Hall–Kier alpha value is -2.99. The van der Waals surface area contributed by atoms with E-state index in [0.29, 0.717) is 5.56 Å². The summed E-state index contributed by atoms with van der Waals surface area (Å²) >= 11 is 6.72. The van der Waals surface area contributed by atoms with Gasteiger partial charge in [-0.05, 0) is 31.3 Å². The van der Waals surface area contributed by atoms with Gasteiger partial charge in [-0.1, -0.05) is 11.6 Å². The van der Waals surface area contributed by atoms with Crippen molar-refractivity contribution >= 4 is 51.6 Å². The Bertz CT molecular complexity index is 998. The van der Waals surface area contributed by atoms with Gasteiger partial charge in [0.2, 0.25) is 5.91 Å². The summed E-state index contributed by atoms with van der Waals surface area (Å²) in [5, 5.41) is 17.1. The van der Waals surface area contributed by atoms with E-state index in [0.717, 1.165) is 16.0 Å². The highest BCUT2D eigenvalue weighted by molar-refractivity contribution is 7.18. The molecule has 2 rings (SSSR count). The van der Waals surface area contributed by atoms with Crippen LogP contribution in [0.5, 0.6) is 0 Å². The molecule has 0 fully saturated rings. The number of aromatic nitrogens is 2. The summed E-state index contributed by atoms with van der Waals surface area (Å²) in [6.07, 6.45) is 0. The summed E-state index contributed by atoms with van der Waals surface area (Å²) in [7, 11) is 1.17. The number of esters is 2. The number of nitrogens with zero attached hydrogens (tertiary/aromatic N) is 3. The number of carbonyl (C=O) groups is 3. The minimum Gasteiger partial charge on any atom is -0.465 e. The fourth-order valence-corrected chi connectivity index (χ4v) is 3.73. The molecule has 0 aliphatic rings. The summed E-state index contributed by atoms with van der Waals surface area (Å²) in [5.74, 6) is -2.57. The molecule has 0 aromatic carbocycles. The van der Waals surface area contributed by atoms with Gasteiger partial charge in [-0.2, -0.15) is 4.68 Å². The van der Waals surface area contributed by atoms with Crippen LogP contribution in [0, 0.1) is 24.0 Å². The van der Waals surface area contributed by atoms with Crippen molar-refractivity contribution in [3.8, 4) is 0 Å². The maximum absolute atomic E-state index is 12.5. The SMILES string of the molecule is CCOC(=O)c1sc(NC(=O)Cn2nc([N+](=O)[O-])c(Cl)c2C)c(C(=O)OC)c1C. The molecule has 2 aromatic rings. The van der Waals surface area contributed by atoms with E-state index in [1.54, 1.807) is 6.92 Å². The van der Waals surface area contributed by atoms with E-state index < -0.39 is 35.1 Å². The molecule has 1 amide bonds. The van der Waals surface area contributed by atoms with Crippen LogP contribution in [0.1, 0.15) is 38.2 Å². The number of thiophene rings is 1. The zero-order valence-electron chi connectivity index (χ0n) is 15.9. The minimum atomic E-state index is -0.757. The van der Waals surface area contributed by atoms with E-state index in [2.05, 4.69) is 10.4 Å². The second-order valence-electron chi connectivity index (χ2n) is 5.66. The molecule has 0 bridgehead atoms. The van der Waals surface area contributed by atoms with Crippen LogP contribution in [0.3, 0.4) is 0 Å². The van der Waals surface area contributed by atoms with Gasteiger partial charge >= 0.3 is 17.8 Å². The highest BCUT2D eigenvalue weighted by atomic mass is 35.5. The molecule has 0 saturated carbocycles. The largest absolute Gasteiger partial charge is 0.465 e. The van der Waals surface area contributed by atoms with Crippen molar-refractivity contribution < 1.29 is 28.8 Å². The van der Waals surface area contributed by atoms with Crippen LogP contribution in [0.4, 0.5) is 10.8 Å². The zero-order valence-corrected chi connectivity index (χ0v) is 17.5. The number of rotatable bonds is 7. The third-order valence-corrected chi connectivity index (χ3v) is 5.46. The number of nitrogens with one attached hydrogen (secondary N) is 1. The van der Waals surface area contributed by atoms with Gasteiger partial charge in [0.25, 0.3) is 0 Å². The van der Waals surface area contributed by atoms with Crippen LogP contribution in [-0.4, -0.2) is 46.3 Å². The first-order valence-electron chi connectivity index (χ1n) is 8.18. The van der Waals surface area contributed by atoms with E-state index in [1.807, 2.05) is 0 Å². The van der Waals surface area contributed by atoms with Gasteiger partial charge < -0.3 is 24.9 Å². The first-order valence-corrected chi connectivity index (χ1v) is 9.37. The third kappa shape index (κ3) is 4.54. The van der Waals surface area contributed by atoms with Crippen molar-refractivity contribution in [2.75, 3.05) is 19.0 Å². The normalized spacial score (nSPS) is 10.5. The summed E-state index contributed by atoms with van der Waals surface area (Å²) in [6.45, 7) is 4.39. The van der Waals surface area contributed by atoms with Gasteiger partial charge in [-0.3, -0.25) is 4.79 Å². The number of hydrogen-bond donors (Lipinski definition) is 1. The molecular weight excluding hydrogens is 428 g/mol. The lowest BCUT2D eigenvalue weighted by Crippen LogP contribution is -2.21. The molecule has 0 radical (unpaired) electrons. The Morgan fingerprint density at radius 2 is 1.97 bits per heavy atom. The molecule has 0 unspecified atom stereocenters. The smallest absolute Gasteiger partial charge is 0.408 e. The van der Waals surface area contributed by atoms with E-state index in [-0.39, 0.29) is 32.8 Å². The van der Waals surface area contributed by atoms with Crippen LogP contribution in [-0.2, 0) is 20.8 Å². The molecule has 156 valence electrons. The van der Waals surface area contributed by atoms with Crippen LogP contribution in [0.15, 0.2) is 0 Å². The average Bonchev–Trinajstić information content (AvgIpc) is 3.12. The average molecular weight is 445 g/mol. The molecule has 2 heterocycles. The van der Waals surface area contributed by atoms with Gasteiger partial charge in [0, 0.05) is 0 Å². The lowest BCUT2D eigenvalue weighted by Gasteiger charge is -2.05. The van der Waals surface area contributed by atoms with Crippen molar-refractivity contribution in [3.05, 3.63) is 36.8 Å². The molecule has 13 heteroatoms. The molecule has 29 heavy (non-hydrogen) atoms. The number of amides is 1. The second kappa shape index (κ2) is 9.01. The third-order valence-electron chi connectivity index (χ3n) is 3.83. The maximum Gasteiger partial charge on any atom is 0.408 e. The monoisotopic (exact) mass is 444 g/mol. The summed E-state index contributed by atoms with van der Waals surface area (Å²) in [4.78, 5) is 47.0. The Kier molecular flexibility index (Phi) is 6.93. The summed E-state index contributed by atoms with van der Waals surface area (Å²) < 4.78 is 10.8. The van der Waals surface area contributed by atoms with Crippen LogP contribution in [0.2, 0.25) is 5.02 Å². The number of ether oxygens (including phenoxy) is 2. The molecule has 0 aliphatic carbocycles. The Labute approximate surface area is 173 Å². The topological polar surface area (TPSA) is 143 Å². The lowest BCUT2D eigenvalue weighted by atomic mass is 10.1. The van der Waals surface area contributed by atoms with E-state index in [4.69, 9.17) is 21.1 Å². The van der Waals surface area contributed by atoms with Gasteiger partial charge in [-0.15, -0.1) is 11.3 Å². The number of anilines is 1.